The summed E-state index contributed by atoms with van der Waals surface area (Å²) in [5.74, 6) is 3.12. The van der Waals surface area contributed by atoms with E-state index in [1.54, 1.807) is 11.1 Å². The molecule has 0 N–H and O–H groups in total. The predicted molar refractivity (Wildman–Crippen MR) is 263 cm³/mol. The van der Waals surface area contributed by atoms with Gasteiger partial charge in [-0.2, -0.15) is 0 Å². The number of hydrogen-bond donors (Lipinski definition) is 0. The fraction of sp³-hybridized carbons (Fsp3) is 0.161. The molecule has 0 unspecified atom stereocenters. The number of benzene rings is 10. The molecule has 1 nitrogen and oxygen atoms in total. The van der Waals surface area contributed by atoms with E-state index in [4.69, 9.17) is 4.42 Å². The van der Waals surface area contributed by atoms with Gasteiger partial charge in [0.25, 0.3) is 0 Å². The highest BCUT2D eigenvalue weighted by Crippen LogP contribution is 2.71. The summed E-state index contributed by atoms with van der Waals surface area (Å²) in [4.78, 5) is 0. The first-order valence-corrected chi connectivity index (χ1v) is 23.3. The van der Waals surface area contributed by atoms with Gasteiger partial charge in [0, 0.05) is 16.2 Å². The van der Waals surface area contributed by atoms with Gasteiger partial charge in [-0.15, -0.1) is 0 Å². The summed E-state index contributed by atoms with van der Waals surface area (Å²) in [7, 11) is 0. The molecule has 11 aromatic rings. The summed E-state index contributed by atoms with van der Waals surface area (Å²) in [6.07, 6.45) is 6.92. The van der Waals surface area contributed by atoms with Gasteiger partial charge in [0.2, 0.25) is 0 Å². The van der Waals surface area contributed by atoms with E-state index >= 15 is 0 Å². The smallest absolute Gasteiger partial charge is 0.136 e. The molecule has 4 bridgehead atoms. The third-order valence-corrected chi connectivity index (χ3v) is 16.6. The third kappa shape index (κ3) is 4.57. The van der Waals surface area contributed by atoms with Gasteiger partial charge in [-0.25, -0.2) is 0 Å². The lowest BCUT2D eigenvalue weighted by Crippen LogP contribution is -2.55. The zero-order valence-corrected chi connectivity index (χ0v) is 35.1. The van der Waals surface area contributed by atoms with Crippen LogP contribution in [0, 0.1) is 23.7 Å². The van der Waals surface area contributed by atoms with Crippen LogP contribution in [0.15, 0.2) is 186 Å². The molecule has 1 aromatic heterocycles. The minimum Gasteiger partial charge on any atom is -0.456 e. The highest BCUT2D eigenvalue weighted by Gasteiger charge is 2.62. The molecule has 0 aliphatic heterocycles. The van der Waals surface area contributed by atoms with Crippen molar-refractivity contribution in [3.05, 3.63) is 193 Å². The Morgan fingerprint density at radius 3 is 1.59 bits per heavy atom. The Bertz CT molecular complexity index is 3660. The van der Waals surface area contributed by atoms with E-state index in [9.17, 15) is 0 Å². The van der Waals surface area contributed by atoms with E-state index in [1.165, 1.54) is 114 Å². The van der Waals surface area contributed by atoms with Gasteiger partial charge in [-0.1, -0.05) is 158 Å². The van der Waals surface area contributed by atoms with E-state index in [1.807, 2.05) is 6.07 Å². The molecule has 1 spiro atoms. The molecule has 10 aromatic carbocycles. The second kappa shape index (κ2) is 12.6. The quantitative estimate of drug-likeness (QED) is 0.162. The van der Waals surface area contributed by atoms with E-state index in [-0.39, 0.29) is 5.41 Å². The van der Waals surface area contributed by atoms with Gasteiger partial charge in [-0.05, 0) is 179 Å². The van der Waals surface area contributed by atoms with Crippen molar-refractivity contribution < 1.29 is 4.42 Å². The van der Waals surface area contributed by atoms with Gasteiger partial charge in [0.05, 0.1) is 0 Å². The second-order valence-electron chi connectivity index (χ2n) is 19.5. The maximum atomic E-state index is 6.30. The average Bonchev–Trinajstić information content (AvgIpc) is 3.85. The first-order chi connectivity index (χ1) is 31.2. The van der Waals surface area contributed by atoms with Crippen molar-refractivity contribution in [1.29, 1.82) is 0 Å². The highest BCUT2D eigenvalue weighted by atomic mass is 16.3. The number of rotatable bonds is 3. The number of hydrogen-bond acceptors (Lipinski definition) is 1. The highest BCUT2D eigenvalue weighted by molar-refractivity contribution is 6.26. The summed E-state index contributed by atoms with van der Waals surface area (Å²) in [6.45, 7) is 0. The number of para-hydroxylation sites is 1. The van der Waals surface area contributed by atoms with Crippen LogP contribution in [-0.2, 0) is 5.41 Å². The molecule has 1 heteroatoms. The molecule has 63 heavy (non-hydrogen) atoms. The summed E-state index contributed by atoms with van der Waals surface area (Å²) < 4.78 is 6.30. The summed E-state index contributed by atoms with van der Waals surface area (Å²) in [6, 6.07) is 69.0. The lowest BCUT2D eigenvalue weighted by Gasteiger charge is -2.61. The van der Waals surface area contributed by atoms with E-state index in [0.29, 0.717) is 11.8 Å². The van der Waals surface area contributed by atoms with E-state index < -0.39 is 0 Å². The second-order valence-corrected chi connectivity index (χ2v) is 19.5. The minimum absolute atomic E-state index is 0.0277. The lowest BCUT2D eigenvalue weighted by molar-refractivity contribution is -0.0393. The zero-order valence-electron chi connectivity index (χ0n) is 35.1. The standard InChI is InChI=1S/C62H44O/c1-4-14-46-39(11-1)25-28-53-59-54(62(61(46)53)43-30-36-29-37(32-43)33-44(62)31-36)34-42-12-2-3-13-45(42)60(59)58-51-18-7-5-16-49(51)57(50-17-6-8-19-52(50)58)40-23-21-38(22-24-40)41-26-27-48-47-15-9-10-20-55(47)63-56(48)35-41/h1-28,34-37,43-44H,29-33H2. The molecular weight excluding hydrogens is 761 g/mol. The average molecular weight is 805 g/mol. The molecule has 1 heterocycles. The van der Waals surface area contributed by atoms with Crippen molar-refractivity contribution in [3.8, 4) is 44.5 Å². The largest absolute Gasteiger partial charge is 0.456 e. The SMILES string of the molecule is c1ccc2c(-c3c4ccccc4c(-c4ccc(-c5ccc6c(c5)oc5ccccc56)cc4)c4ccccc34)c3c(cc2c1)C1(c2c-3ccc3ccccc23)C2CC3CC(C2)CC1C3. The van der Waals surface area contributed by atoms with Gasteiger partial charge in [0.1, 0.15) is 11.2 Å². The summed E-state index contributed by atoms with van der Waals surface area (Å²) in [5.41, 5.74) is 15.8. The van der Waals surface area contributed by atoms with Crippen LogP contribution in [0.5, 0.6) is 0 Å². The molecule has 298 valence electrons. The molecular formula is C62H44O. The van der Waals surface area contributed by atoms with Crippen LogP contribution < -0.4 is 0 Å². The molecule has 0 saturated heterocycles. The first kappa shape index (κ1) is 34.6. The van der Waals surface area contributed by atoms with Crippen LogP contribution in [0.2, 0.25) is 0 Å². The zero-order chi connectivity index (χ0) is 41.0. The van der Waals surface area contributed by atoms with Crippen molar-refractivity contribution in [1.82, 2.24) is 0 Å². The van der Waals surface area contributed by atoms with Crippen molar-refractivity contribution in [2.45, 2.75) is 37.5 Å². The Hall–Kier alpha value is -6.96. The monoisotopic (exact) mass is 804 g/mol. The van der Waals surface area contributed by atoms with Crippen LogP contribution in [0.25, 0.3) is 110 Å². The van der Waals surface area contributed by atoms with Crippen LogP contribution >= 0.6 is 0 Å². The summed E-state index contributed by atoms with van der Waals surface area (Å²) in [5, 5.41) is 13.1. The number of fused-ring (bicyclic) bond motifs is 11. The lowest BCUT2D eigenvalue weighted by atomic mass is 9.43. The normalized spacial score (nSPS) is 22.0. The molecule has 4 saturated carbocycles. The molecule has 5 aliphatic carbocycles. The topological polar surface area (TPSA) is 13.1 Å². The maximum absolute atomic E-state index is 6.30. The van der Waals surface area contributed by atoms with Gasteiger partial charge >= 0.3 is 0 Å². The van der Waals surface area contributed by atoms with Gasteiger partial charge < -0.3 is 4.42 Å². The Morgan fingerprint density at radius 1 is 0.349 bits per heavy atom. The molecule has 0 atom stereocenters. The Balaban J connectivity index is 0.993. The Kier molecular flexibility index (Phi) is 6.91. The Labute approximate surface area is 366 Å². The van der Waals surface area contributed by atoms with Crippen LogP contribution in [-0.4, -0.2) is 0 Å². The third-order valence-electron chi connectivity index (χ3n) is 16.6. The van der Waals surface area contributed by atoms with Crippen LogP contribution in [0.3, 0.4) is 0 Å². The fourth-order valence-electron chi connectivity index (χ4n) is 14.5. The summed E-state index contributed by atoms with van der Waals surface area (Å²) >= 11 is 0. The predicted octanol–water partition coefficient (Wildman–Crippen LogP) is 16.9. The molecule has 0 radical (unpaired) electrons. The Morgan fingerprint density at radius 2 is 0.889 bits per heavy atom. The fourth-order valence-corrected chi connectivity index (χ4v) is 14.5. The van der Waals surface area contributed by atoms with Crippen molar-refractivity contribution in [2.24, 2.45) is 23.7 Å². The molecule has 4 fully saturated rings. The van der Waals surface area contributed by atoms with Crippen molar-refractivity contribution in [2.75, 3.05) is 0 Å². The first-order valence-electron chi connectivity index (χ1n) is 23.3. The molecule has 5 aliphatic rings. The minimum atomic E-state index is 0.0277. The molecule has 16 rings (SSSR count). The van der Waals surface area contributed by atoms with Crippen molar-refractivity contribution in [3.63, 3.8) is 0 Å². The van der Waals surface area contributed by atoms with Gasteiger partial charge in [-0.3, -0.25) is 0 Å². The van der Waals surface area contributed by atoms with Gasteiger partial charge in [0.15, 0.2) is 0 Å². The van der Waals surface area contributed by atoms with Crippen LogP contribution in [0.4, 0.5) is 0 Å². The maximum Gasteiger partial charge on any atom is 0.136 e. The van der Waals surface area contributed by atoms with Crippen molar-refractivity contribution >= 4 is 65.0 Å². The van der Waals surface area contributed by atoms with E-state index in [0.717, 1.165) is 39.3 Å². The van der Waals surface area contributed by atoms with E-state index in [2.05, 4.69) is 176 Å². The molecule has 0 amide bonds. The number of furan rings is 1. The van der Waals surface area contributed by atoms with Crippen LogP contribution in [0.1, 0.15) is 43.2 Å².